The molecule has 2 aromatic rings. The van der Waals surface area contributed by atoms with Gasteiger partial charge in [-0.3, -0.25) is 4.98 Å². The molecule has 2 rings (SSSR count). The molecule has 118 valence electrons. The van der Waals surface area contributed by atoms with Crippen LogP contribution in [0.15, 0.2) is 42.6 Å². The Morgan fingerprint density at radius 2 is 1.91 bits per heavy atom. The van der Waals surface area contributed by atoms with Gasteiger partial charge in [-0.2, -0.15) is 0 Å². The summed E-state index contributed by atoms with van der Waals surface area (Å²) in [5, 5.41) is 0. The Morgan fingerprint density at radius 1 is 1.05 bits per heavy atom. The molecule has 0 fully saturated rings. The molecule has 0 saturated heterocycles. The summed E-state index contributed by atoms with van der Waals surface area (Å²) < 4.78 is 11.7. The van der Waals surface area contributed by atoms with Crippen LogP contribution in [0, 0.1) is 0 Å². The molecule has 1 heterocycles. The molecule has 0 saturated carbocycles. The smallest absolute Gasteiger partial charge is 0.132 e. The topological polar surface area (TPSA) is 34.6 Å². The standard InChI is InChI=1S/C18H24N2O2/c1-4-12-22-18-14-15(21-13-11-20(2)3)8-9-16(18)17-7-5-6-10-19-17/h5-10,14H,4,11-13H2,1-3H3. The predicted octanol–water partition coefficient (Wildman–Crippen LogP) is 3.48. The summed E-state index contributed by atoms with van der Waals surface area (Å²) in [4.78, 5) is 6.50. The molecule has 0 aliphatic heterocycles. The van der Waals surface area contributed by atoms with Gasteiger partial charge in [-0.15, -0.1) is 0 Å². The second kappa shape index (κ2) is 8.39. The van der Waals surface area contributed by atoms with Crippen LogP contribution in [0.4, 0.5) is 0 Å². The molecule has 0 bridgehead atoms. The van der Waals surface area contributed by atoms with Crippen LogP contribution in [0.5, 0.6) is 11.5 Å². The molecule has 0 radical (unpaired) electrons. The largest absolute Gasteiger partial charge is 0.493 e. The number of rotatable bonds is 8. The van der Waals surface area contributed by atoms with Crippen molar-refractivity contribution < 1.29 is 9.47 Å². The third-order valence-corrected chi connectivity index (χ3v) is 3.16. The summed E-state index contributed by atoms with van der Waals surface area (Å²) in [7, 11) is 4.06. The fraction of sp³-hybridized carbons (Fsp3) is 0.389. The van der Waals surface area contributed by atoms with E-state index in [-0.39, 0.29) is 0 Å². The van der Waals surface area contributed by atoms with E-state index in [9.17, 15) is 0 Å². The van der Waals surface area contributed by atoms with Gasteiger partial charge in [0.05, 0.1) is 12.3 Å². The number of ether oxygens (including phenoxy) is 2. The van der Waals surface area contributed by atoms with Crippen molar-refractivity contribution in [1.82, 2.24) is 9.88 Å². The SMILES string of the molecule is CCCOc1cc(OCCN(C)C)ccc1-c1ccccn1. The molecule has 0 spiro atoms. The first-order valence-electron chi connectivity index (χ1n) is 7.66. The van der Waals surface area contributed by atoms with Gasteiger partial charge < -0.3 is 14.4 Å². The van der Waals surface area contributed by atoms with Crippen molar-refractivity contribution >= 4 is 0 Å². The molecular weight excluding hydrogens is 276 g/mol. The van der Waals surface area contributed by atoms with Crippen LogP contribution < -0.4 is 9.47 Å². The van der Waals surface area contributed by atoms with Gasteiger partial charge in [-0.05, 0) is 44.8 Å². The number of aromatic nitrogens is 1. The number of benzene rings is 1. The lowest BCUT2D eigenvalue weighted by Crippen LogP contribution is -2.19. The van der Waals surface area contributed by atoms with E-state index in [0.717, 1.165) is 35.7 Å². The number of hydrogen-bond acceptors (Lipinski definition) is 4. The van der Waals surface area contributed by atoms with Crippen LogP contribution >= 0.6 is 0 Å². The lowest BCUT2D eigenvalue weighted by molar-refractivity contribution is 0.259. The molecule has 1 aromatic heterocycles. The van der Waals surface area contributed by atoms with Crippen LogP contribution in [0.25, 0.3) is 11.3 Å². The molecule has 0 aliphatic carbocycles. The van der Waals surface area contributed by atoms with E-state index in [1.165, 1.54) is 0 Å². The number of likely N-dealkylation sites (N-methyl/N-ethyl adjacent to an activating group) is 1. The van der Waals surface area contributed by atoms with Gasteiger partial charge in [0.25, 0.3) is 0 Å². The van der Waals surface area contributed by atoms with Gasteiger partial charge in [0.1, 0.15) is 18.1 Å². The molecule has 4 nitrogen and oxygen atoms in total. The average Bonchev–Trinajstić information content (AvgIpc) is 2.53. The van der Waals surface area contributed by atoms with Gasteiger partial charge in [0, 0.05) is 24.4 Å². The number of nitrogens with zero attached hydrogens (tertiary/aromatic N) is 2. The number of hydrogen-bond donors (Lipinski definition) is 0. The summed E-state index contributed by atoms with van der Waals surface area (Å²) >= 11 is 0. The third-order valence-electron chi connectivity index (χ3n) is 3.16. The highest BCUT2D eigenvalue weighted by Crippen LogP contribution is 2.32. The van der Waals surface area contributed by atoms with Gasteiger partial charge >= 0.3 is 0 Å². The first kappa shape index (κ1) is 16.3. The summed E-state index contributed by atoms with van der Waals surface area (Å²) in [5.74, 6) is 1.65. The zero-order valence-corrected chi connectivity index (χ0v) is 13.6. The van der Waals surface area contributed by atoms with Crippen LogP contribution in [-0.2, 0) is 0 Å². The predicted molar refractivity (Wildman–Crippen MR) is 89.5 cm³/mol. The highest BCUT2D eigenvalue weighted by molar-refractivity contribution is 5.68. The van der Waals surface area contributed by atoms with Gasteiger partial charge in [-0.1, -0.05) is 13.0 Å². The molecule has 0 aliphatic rings. The molecular formula is C18H24N2O2. The Labute approximate surface area is 132 Å². The summed E-state index contributed by atoms with van der Waals surface area (Å²) in [5.41, 5.74) is 1.91. The van der Waals surface area contributed by atoms with E-state index in [0.29, 0.717) is 13.2 Å². The second-order valence-corrected chi connectivity index (χ2v) is 5.37. The van der Waals surface area contributed by atoms with Crippen LogP contribution in [-0.4, -0.2) is 43.7 Å². The van der Waals surface area contributed by atoms with Crippen molar-refractivity contribution in [2.45, 2.75) is 13.3 Å². The summed E-state index contributed by atoms with van der Waals surface area (Å²) in [6.45, 7) is 4.31. The maximum absolute atomic E-state index is 5.88. The first-order valence-corrected chi connectivity index (χ1v) is 7.66. The summed E-state index contributed by atoms with van der Waals surface area (Å²) in [6.07, 6.45) is 2.76. The Hall–Kier alpha value is -2.07. The second-order valence-electron chi connectivity index (χ2n) is 5.37. The minimum absolute atomic E-state index is 0.656. The van der Waals surface area contributed by atoms with Gasteiger partial charge in [-0.25, -0.2) is 0 Å². The van der Waals surface area contributed by atoms with Gasteiger partial charge in [0.15, 0.2) is 0 Å². The quantitative estimate of drug-likeness (QED) is 0.747. The van der Waals surface area contributed by atoms with E-state index >= 15 is 0 Å². The highest BCUT2D eigenvalue weighted by Gasteiger charge is 2.09. The van der Waals surface area contributed by atoms with Crippen molar-refractivity contribution in [2.24, 2.45) is 0 Å². The van der Waals surface area contributed by atoms with Crippen molar-refractivity contribution in [3.63, 3.8) is 0 Å². The molecule has 0 N–H and O–H groups in total. The lowest BCUT2D eigenvalue weighted by atomic mass is 10.1. The van der Waals surface area contributed by atoms with Crippen LogP contribution in [0.2, 0.25) is 0 Å². The molecule has 1 aromatic carbocycles. The minimum atomic E-state index is 0.656. The third kappa shape index (κ3) is 4.74. The molecule has 4 heteroatoms. The Kier molecular flexibility index (Phi) is 6.22. The van der Waals surface area contributed by atoms with Crippen molar-refractivity contribution in [1.29, 1.82) is 0 Å². The van der Waals surface area contributed by atoms with Crippen molar-refractivity contribution in [2.75, 3.05) is 33.9 Å². The Bertz CT molecular complexity index is 571. The first-order chi connectivity index (χ1) is 10.7. The van der Waals surface area contributed by atoms with E-state index in [1.807, 2.05) is 50.5 Å². The van der Waals surface area contributed by atoms with Gasteiger partial charge in [0.2, 0.25) is 0 Å². The normalized spacial score (nSPS) is 10.7. The maximum Gasteiger partial charge on any atom is 0.132 e. The molecule has 0 atom stereocenters. The van der Waals surface area contributed by atoms with E-state index in [1.54, 1.807) is 6.20 Å². The average molecular weight is 300 g/mol. The zero-order chi connectivity index (χ0) is 15.8. The minimum Gasteiger partial charge on any atom is -0.493 e. The molecule has 0 unspecified atom stereocenters. The fourth-order valence-corrected chi connectivity index (χ4v) is 2.00. The van der Waals surface area contributed by atoms with Crippen molar-refractivity contribution in [3.8, 4) is 22.8 Å². The zero-order valence-electron chi connectivity index (χ0n) is 13.6. The number of pyridine rings is 1. The van der Waals surface area contributed by atoms with Crippen molar-refractivity contribution in [3.05, 3.63) is 42.6 Å². The lowest BCUT2D eigenvalue weighted by Gasteiger charge is -2.14. The van der Waals surface area contributed by atoms with E-state index < -0.39 is 0 Å². The monoisotopic (exact) mass is 300 g/mol. The summed E-state index contributed by atoms with van der Waals surface area (Å²) in [6, 6.07) is 11.8. The Balaban J connectivity index is 2.19. The molecule has 0 amide bonds. The van der Waals surface area contributed by atoms with E-state index in [2.05, 4.69) is 16.8 Å². The Morgan fingerprint density at radius 3 is 2.59 bits per heavy atom. The fourth-order valence-electron chi connectivity index (χ4n) is 2.00. The maximum atomic E-state index is 5.88. The molecule has 22 heavy (non-hydrogen) atoms. The highest BCUT2D eigenvalue weighted by atomic mass is 16.5. The van der Waals surface area contributed by atoms with Crippen LogP contribution in [0.1, 0.15) is 13.3 Å². The van der Waals surface area contributed by atoms with Crippen LogP contribution in [0.3, 0.4) is 0 Å². The van der Waals surface area contributed by atoms with E-state index in [4.69, 9.17) is 9.47 Å².